The van der Waals surface area contributed by atoms with Gasteiger partial charge in [0.1, 0.15) is 11.5 Å². The third-order valence-corrected chi connectivity index (χ3v) is 4.41. The summed E-state index contributed by atoms with van der Waals surface area (Å²) in [7, 11) is 0. The van der Waals surface area contributed by atoms with Crippen LogP contribution in [0.2, 0.25) is 5.02 Å². The molecular formula is C18H17ClN4O5. The topological polar surface area (TPSA) is 115 Å². The zero-order valence-electron chi connectivity index (χ0n) is 14.8. The zero-order chi connectivity index (χ0) is 20.1. The largest absolute Gasteiger partial charge is 0.452 e. The van der Waals surface area contributed by atoms with E-state index in [-0.39, 0.29) is 17.1 Å². The first-order chi connectivity index (χ1) is 13.4. The van der Waals surface area contributed by atoms with Gasteiger partial charge >= 0.3 is 5.97 Å². The van der Waals surface area contributed by atoms with Crippen LogP contribution in [0.5, 0.6) is 0 Å². The molecule has 0 atom stereocenters. The lowest BCUT2D eigenvalue weighted by molar-refractivity contribution is -0.384. The highest BCUT2D eigenvalue weighted by molar-refractivity contribution is 6.30. The van der Waals surface area contributed by atoms with Crippen LogP contribution in [0.3, 0.4) is 0 Å². The van der Waals surface area contributed by atoms with E-state index in [1.807, 2.05) is 4.90 Å². The van der Waals surface area contributed by atoms with Gasteiger partial charge in [-0.2, -0.15) is 0 Å². The van der Waals surface area contributed by atoms with Gasteiger partial charge in [-0.1, -0.05) is 11.6 Å². The Morgan fingerprint density at radius 2 is 2.00 bits per heavy atom. The number of carbonyl (C=O) groups is 2. The van der Waals surface area contributed by atoms with Crippen LogP contribution in [0.4, 0.5) is 17.2 Å². The average Bonchev–Trinajstić information content (AvgIpc) is 3.22. The number of pyridine rings is 1. The predicted molar refractivity (Wildman–Crippen MR) is 103 cm³/mol. The van der Waals surface area contributed by atoms with E-state index in [4.69, 9.17) is 16.3 Å². The van der Waals surface area contributed by atoms with Crippen LogP contribution < -0.4 is 10.2 Å². The second kappa shape index (κ2) is 8.66. The van der Waals surface area contributed by atoms with Gasteiger partial charge in [0.15, 0.2) is 6.61 Å². The SMILES string of the molecule is O=C(COC(=O)c1ccc(N2CCCC2)c([N+](=O)[O-])c1)Nc1ccc(Cl)cn1. The van der Waals surface area contributed by atoms with Crippen LogP contribution in [0.1, 0.15) is 23.2 Å². The zero-order valence-corrected chi connectivity index (χ0v) is 15.5. The average molecular weight is 405 g/mol. The molecule has 1 aliphatic heterocycles. The van der Waals surface area contributed by atoms with Gasteiger partial charge in [-0.05, 0) is 37.1 Å². The number of halogens is 1. The van der Waals surface area contributed by atoms with Gasteiger partial charge in [0, 0.05) is 25.4 Å². The lowest BCUT2D eigenvalue weighted by Crippen LogP contribution is -2.22. The molecule has 1 N–H and O–H groups in total. The van der Waals surface area contributed by atoms with Crippen LogP contribution in [-0.4, -0.2) is 41.5 Å². The molecule has 1 aromatic heterocycles. The number of nitrogens with one attached hydrogen (secondary N) is 1. The summed E-state index contributed by atoms with van der Waals surface area (Å²) in [6, 6.07) is 7.23. The second-order valence-corrected chi connectivity index (χ2v) is 6.58. The van der Waals surface area contributed by atoms with E-state index in [2.05, 4.69) is 10.3 Å². The minimum absolute atomic E-state index is 0.00654. The number of anilines is 2. The number of ether oxygens (including phenoxy) is 1. The Labute approximate surface area is 165 Å². The maximum atomic E-state index is 12.2. The molecule has 2 aromatic rings. The molecule has 1 amide bonds. The fourth-order valence-electron chi connectivity index (χ4n) is 2.87. The van der Waals surface area contributed by atoms with Crippen molar-refractivity contribution in [3.63, 3.8) is 0 Å². The number of nitro benzene ring substituents is 1. The molecule has 3 rings (SSSR count). The summed E-state index contributed by atoms with van der Waals surface area (Å²) in [5.74, 6) is -1.15. The number of hydrogen-bond donors (Lipinski definition) is 1. The molecule has 0 spiro atoms. The minimum atomic E-state index is -0.824. The quantitative estimate of drug-likeness (QED) is 0.447. The number of carbonyl (C=O) groups excluding carboxylic acids is 2. The van der Waals surface area contributed by atoms with E-state index in [0.29, 0.717) is 10.7 Å². The van der Waals surface area contributed by atoms with Crippen molar-refractivity contribution in [3.05, 3.63) is 57.2 Å². The van der Waals surface area contributed by atoms with Gasteiger partial charge in [0.2, 0.25) is 0 Å². The number of amides is 1. The van der Waals surface area contributed by atoms with Crippen molar-refractivity contribution < 1.29 is 19.2 Å². The van der Waals surface area contributed by atoms with E-state index < -0.39 is 23.4 Å². The van der Waals surface area contributed by atoms with Gasteiger partial charge in [0.05, 0.1) is 15.5 Å². The summed E-state index contributed by atoms with van der Waals surface area (Å²) in [4.78, 5) is 40.7. The van der Waals surface area contributed by atoms with E-state index in [9.17, 15) is 19.7 Å². The number of rotatable bonds is 6. The monoisotopic (exact) mass is 404 g/mol. The molecule has 1 aliphatic rings. The van der Waals surface area contributed by atoms with Gasteiger partial charge in [-0.3, -0.25) is 14.9 Å². The third kappa shape index (κ3) is 4.74. The Kier molecular flexibility index (Phi) is 6.05. The molecular weight excluding hydrogens is 388 g/mol. The first-order valence-electron chi connectivity index (χ1n) is 8.56. The maximum absolute atomic E-state index is 12.2. The first-order valence-corrected chi connectivity index (χ1v) is 8.94. The van der Waals surface area contributed by atoms with Gasteiger partial charge < -0.3 is 15.0 Å². The molecule has 0 aliphatic carbocycles. The molecule has 0 bridgehead atoms. The molecule has 9 nitrogen and oxygen atoms in total. The summed E-state index contributed by atoms with van der Waals surface area (Å²) >= 11 is 5.71. The molecule has 1 saturated heterocycles. The molecule has 28 heavy (non-hydrogen) atoms. The van der Waals surface area contributed by atoms with Crippen LogP contribution in [0, 0.1) is 10.1 Å². The van der Waals surface area contributed by atoms with Crippen molar-refractivity contribution in [2.24, 2.45) is 0 Å². The standard InChI is InChI=1S/C18H17ClN4O5/c19-13-4-6-16(20-10-13)21-17(24)11-28-18(25)12-3-5-14(15(9-12)23(26)27)22-7-1-2-8-22/h3-6,9-10H,1-2,7-8,11H2,(H,20,21,24). The maximum Gasteiger partial charge on any atom is 0.338 e. The summed E-state index contributed by atoms with van der Waals surface area (Å²) in [5, 5.41) is 14.3. The van der Waals surface area contributed by atoms with Crippen molar-refractivity contribution in [2.45, 2.75) is 12.8 Å². The molecule has 2 heterocycles. The highest BCUT2D eigenvalue weighted by Gasteiger charge is 2.24. The molecule has 0 radical (unpaired) electrons. The molecule has 10 heteroatoms. The Morgan fingerprint density at radius 3 is 2.64 bits per heavy atom. The highest BCUT2D eigenvalue weighted by Crippen LogP contribution is 2.31. The minimum Gasteiger partial charge on any atom is -0.452 e. The van der Waals surface area contributed by atoms with Gasteiger partial charge in [0.25, 0.3) is 11.6 Å². The lowest BCUT2D eigenvalue weighted by Gasteiger charge is -2.17. The van der Waals surface area contributed by atoms with Gasteiger partial charge in [-0.15, -0.1) is 0 Å². The normalized spacial score (nSPS) is 13.2. The predicted octanol–water partition coefficient (Wildman–Crippen LogP) is 3.04. The second-order valence-electron chi connectivity index (χ2n) is 6.14. The molecule has 146 valence electrons. The van der Waals surface area contributed by atoms with Crippen molar-refractivity contribution in [2.75, 3.05) is 29.9 Å². The van der Waals surface area contributed by atoms with E-state index in [1.165, 1.54) is 30.5 Å². The van der Waals surface area contributed by atoms with E-state index >= 15 is 0 Å². The van der Waals surface area contributed by atoms with E-state index in [1.54, 1.807) is 6.07 Å². The number of benzene rings is 1. The summed E-state index contributed by atoms with van der Waals surface area (Å²) in [6.45, 7) is 0.928. The number of nitro groups is 1. The Hall–Kier alpha value is -3.20. The molecule has 0 unspecified atom stereocenters. The fourth-order valence-corrected chi connectivity index (χ4v) is 2.98. The van der Waals surface area contributed by atoms with Crippen molar-refractivity contribution in [1.82, 2.24) is 4.98 Å². The van der Waals surface area contributed by atoms with Crippen LogP contribution in [0.25, 0.3) is 0 Å². The van der Waals surface area contributed by atoms with Gasteiger partial charge in [-0.25, -0.2) is 9.78 Å². The number of hydrogen-bond acceptors (Lipinski definition) is 7. The first kappa shape index (κ1) is 19.6. The number of esters is 1. The van der Waals surface area contributed by atoms with Crippen LogP contribution in [0.15, 0.2) is 36.5 Å². The Morgan fingerprint density at radius 1 is 1.25 bits per heavy atom. The lowest BCUT2D eigenvalue weighted by atomic mass is 10.1. The highest BCUT2D eigenvalue weighted by atomic mass is 35.5. The molecule has 1 aromatic carbocycles. The van der Waals surface area contributed by atoms with Crippen molar-refractivity contribution >= 4 is 40.7 Å². The Balaban J connectivity index is 1.63. The third-order valence-electron chi connectivity index (χ3n) is 4.18. The molecule has 0 saturated carbocycles. The van der Waals surface area contributed by atoms with E-state index in [0.717, 1.165) is 25.9 Å². The smallest absolute Gasteiger partial charge is 0.338 e. The Bertz CT molecular complexity index is 897. The summed E-state index contributed by atoms with van der Waals surface area (Å²) in [5.41, 5.74) is 0.323. The summed E-state index contributed by atoms with van der Waals surface area (Å²) < 4.78 is 4.94. The van der Waals surface area contributed by atoms with Crippen LogP contribution in [-0.2, 0) is 9.53 Å². The number of nitrogens with zero attached hydrogens (tertiary/aromatic N) is 3. The fraction of sp³-hybridized carbons (Fsp3) is 0.278. The molecule has 1 fully saturated rings. The van der Waals surface area contributed by atoms with Crippen molar-refractivity contribution in [3.8, 4) is 0 Å². The van der Waals surface area contributed by atoms with Crippen molar-refractivity contribution in [1.29, 1.82) is 0 Å². The summed E-state index contributed by atoms with van der Waals surface area (Å²) in [6.07, 6.45) is 3.31. The number of aromatic nitrogens is 1. The van der Waals surface area contributed by atoms with Crippen LogP contribution >= 0.6 is 11.6 Å².